The van der Waals surface area contributed by atoms with Gasteiger partial charge in [0.2, 0.25) is 0 Å². The summed E-state index contributed by atoms with van der Waals surface area (Å²) in [5.41, 5.74) is 1.53. The molecule has 2 rings (SSSR count). The van der Waals surface area contributed by atoms with E-state index in [0.717, 1.165) is 19.6 Å². The van der Waals surface area contributed by atoms with Crippen LogP contribution in [0.25, 0.3) is 0 Å². The molecule has 0 radical (unpaired) electrons. The maximum absolute atomic E-state index is 5.13. The summed E-state index contributed by atoms with van der Waals surface area (Å²) in [4.78, 5) is 2.53. The minimum Gasteiger partial charge on any atom is -0.472 e. The zero-order valence-corrected chi connectivity index (χ0v) is 10.5. The molecule has 0 bridgehead atoms. The van der Waals surface area contributed by atoms with Crippen LogP contribution in [0.5, 0.6) is 0 Å². The Morgan fingerprint density at radius 1 is 1.62 bits per heavy atom. The van der Waals surface area contributed by atoms with Gasteiger partial charge in [0, 0.05) is 36.8 Å². The predicted octanol–water partition coefficient (Wildman–Crippen LogP) is 2.24. The summed E-state index contributed by atoms with van der Waals surface area (Å²) < 4.78 is 5.13. The zero-order valence-electron chi connectivity index (χ0n) is 10.5. The number of hydrogen-bond donors (Lipinski definition) is 1. The molecular formula is C13H22N2O. The first kappa shape index (κ1) is 11.7. The fraction of sp³-hybridized carbons (Fsp3) is 0.692. The molecule has 1 aliphatic rings. The maximum atomic E-state index is 5.13. The van der Waals surface area contributed by atoms with E-state index in [9.17, 15) is 0 Å². The molecule has 1 saturated heterocycles. The van der Waals surface area contributed by atoms with Crippen LogP contribution in [0.1, 0.15) is 32.8 Å². The third kappa shape index (κ3) is 2.47. The summed E-state index contributed by atoms with van der Waals surface area (Å²) in [5.74, 6) is 0. The summed E-state index contributed by atoms with van der Waals surface area (Å²) in [7, 11) is 0. The van der Waals surface area contributed by atoms with Crippen LogP contribution in [0.3, 0.4) is 0 Å². The minimum absolute atomic E-state index is 0.260. The Morgan fingerprint density at radius 3 is 3.06 bits per heavy atom. The Balaban J connectivity index is 2.01. The Bertz CT molecular complexity index is 323. The summed E-state index contributed by atoms with van der Waals surface area (Å²) >= 11 is 0. The van der Waals surface area contributed by atoms with Crippen LogP contribution >= 0.6 is 0 Å². The molecule has 0 aromatic carbocycles. The van der Waals surface area contributed by atoms with Gasteiger partial charge < -0.3 is 9.73 Å². The normalized spacial score (nSPS) is 31.8. The first-order valence-electron chi connectivity index (χ1n) is 6.13. The molecule has 0 saturated carbocycles. The molecule has 1 aromatic heterocycles. The van der Waals surface area contributed by atoms with Crippen molar-refractivity contribution in [2.24, 2.45) is 0 Å². The lowest BCUT2D eigenvalue weighted by molar-refractivity contribution is 0.0864. The van der Waals surface area contributed by atoms with Crippen LogP contribution in [-0.2, 0) is 6.54 Å². The van der Waals surface area contributed by atoms with Gasteiger partial charge >= 0.3 is 0 Å². The molecule has 2 atom stereocenters. The van der Waals surface area contributed by atoms with Crippen LogP contribution < -0.4 is 5.32 Å². The monoisotopic (exact) mass is 222 g/mol. The van der Waals surface area contributed by atoms with Gasteiger partial charge in [-0.3, -0.25) is 4.90 Å². The zero-order chi connectivity index (χ0) is 11.6. The highest BCUT2D eigenvalue weighted by atomic mass is 16.3. The van der Waals surface area contributed by atoms with E-state index in [2.05, 4.69) is 37.1 Å². The quantitative estimate of drug-likeness (QED) is 0.850. The fourth-order valence-electron chi connectivity index (χ4n) is 2.25. The molecule has 3 heteroatoms. The van der Waals surface area contributed by atoms with Crippen molar-refractivity contribution in [2.75, 3.05) is 13.1 Å². The SMILES string of the molecule is CCC1(C)CN(Cc2ccoc2)C(C)CN1. The third-order valence-corrected chi connectivity index (χ3v) is 3.75. The van der Waals surface area contributed by atoms with Crippen LogP contribution in [0.15, 0.2) is 23.0 Å². The number of hydrogen-bond acceptors (Lipinski definition) is 3. The van der Waals surface area contributed by atoms with Crippen molar-refractivity contribution in [1.29, 1.82) is 0 Å². The molecule has 90 valence electrons. The molecule has 0 amide bonds. The Morgan fingerprint density at radius 2 is 2.44 bits per heavy atom. The second-order valence-electron chi connectivity index (χ2n) is 5.18. The lowest BCUT2D eigenvalue weighted by Crippen LogP contribution is -2.61. The van der Waals surface area contributed by atoms with E-state index in [0.29, 0.717) is 6.04 Å². The summed E-state index contributed by atoms with van der Waals surface area (Å²) in [6, 6.07) is 2.65. The highest BCUT2D eigenvalue weighted by molar-refractivity contribution is 5.06. The molecule has 1 fully saturated rings. The summed E-state index contributed by atoms with van der Waals surface area (Å²) in [5, 5.41) is 3.64. The Hall–Kier alpha value is -0.800. The lowest BCUT2D eigenvalue weighted by atomic mass is 9.93. The van der Waals surface area contributed by atoms with Gasteiger partial charge in [-0.1, -0.05) is 6.92 Å². The Kier molecular flexibility index (Phi) is 3.36. The standard InChI is InChI=1S/C13H22N2O/c1-4-13(3)10-15(11(2)7-14-13)8-12-5-6-16-9-12/h5-6,9,11,14H,4,7-8,10H2,1-3H3. The van der Waals surface area contributed by atoms with Crippen molar-refractivity contribution in [3.63, 3.8) is 0 Å². The molecule has 3 nitrogen and oxygen atoms in total. The van der Waals surface area contributed by atoms with E-state index in [1.54, 1.807) is 6.26 Å². The number of piperazine rings is 1. The first-order valence-corrected chi connectivity index (χ1v) is 6.13. The van der Waals surface area contributed by atoms with Crippen LogP contribution in [0.4, 0.5) is 0 Å². The highest BCUT2D eigenvalue weighted by Gasteiger charge is 2.32. The molecule has 16 heavy (non-hydrogen) atoms. The maximum Gasteiger partial charge on any atom is 0.0947 e. The topological polar surface area (TPSA) is 28.4 Å². The first-order chi connectivity index (χ1) is 7.63. The largest absolute Gasteiger partial charge is 0.472 e. The van der Waals surface area contributed by atoms with Gasteiger partial charge in [-0.2, -0.15) is 0 Å². The highest BCUT2D eigenvalue weighted by Crippen LogP contribution is 2.20. The van der Waals surface area contributed by atoms with E-state index in [-0.39, 0.29) is 5.54 Å². The van der Waals surface area contributed by atoms with E-state index in [1.807, 2.05) is 6.26 Å². The smallest absolute Gasteiger partial charge is 0.0947 e. The average molecular weight is 222 g/mol. The summed E-state index contributed by atoms with van der Waals surface area (Å²) in [6.07, 6.45) is 4.76. The van der Waals surface area contributed by atoms with Crippen molar-refractivity contribution in [3.05, 3.63) is 24.2 Å². The van der Waals surface area contributed by atoms with Crippen molar-refractivity contribution < 1.29 is 4.42 Å². The lowest BCUT2D eigenvalue weighted by Gasteiger charge is -2.44. The van der Waals surface area contributed by atoms with Crippen molar-refractivity contribution >= 4 is 0 Å². The van der Waals surface area contributed by atoms with Gasteiger partial charge in [-0.15, -0.1) is 0 Å². The molecule has 2 unspecified atom stereocenters. The second-order valence-corrected chi connectivity index (χ2v) is 5.18. The Labute approximate surface area is 97.8 Å². The van der Waals surface area contributed by atoms with E-state index in [1.165, 1.54) is 12.0 Å². The minimum atomic E-state index is 0.260. The molecule has 1 N–H and O–H groups in total. The van der Waals surface area contributed by atoms with Crippen molar-refractivity contribution in [2.45, 2.75) is 45.3 Å². The molecule has 0 spiro atoms. The number of nitrogens with zero attached hydrogens (tertiary/aromatic N) is 1. The molecule has 0 aliphatic carbocycles. The van der Waals surface area contributed by atoms with E-state index in [4.69, 9.17) is 4.42 Å². The molecular weight excluding hydrogens is 200 g/mol. The fourth-order valence-corrected chi connectivity index (χ4v) is 2.25. The molecule has 1 aliphatic heterocycles. The van der Waals surface area contributed by atoms with Crippen molar-refractivity contribution in [1.82, 2.24) is 10.2 Å². The van der Waals surface area contributed by atoms with Gasteiger partial charge in [0.05, 0.1) is 12.5 Å². The third-order valence-electron chi connectivity index (χ3n) is 3.75. The molecule has 1 aromatic rings. The summed E-state index contributed by atoms with van der Waals surface area (Å²) in [6.45, 7) is 10.0. The van der Waals surface area contributed by atoms with E-state index < -0.39 is 0 Å². The predicted molar refractivity (Wildman–Crippen MR) is 65.3 cm³/mol. The van der Waals surface area contributed by atoms with Gasteiger partial charge in [-0.05, 0) is 26.3 Å². The second kappa shape index (κ2) is 4.60. The number of furan rings is 1. The van der Waals surface area contributed by atoms with Gasteiger partial charge in [0.25, 0.3) is 0 Å². The molecule has 2 heterocycles. The number of rotatable bonds is 3. The van der Waals surface area contributed by atoms with Crippen LogP contribution in [0, 0.1) is 0 Å². The van der Waals surface area contributed by atoms with Gasteiger partial charge in [-0.25, -0.2) is 0 Å². The van der Waals surface area contributed by atoms with E-state index >= 15 is 0 Å². The van der Waals surface area contributed by atoms with Gasteiger partial charge in [0.1, 0.15) is 0 Å². The van der Waals surface area contributed by atoms with Crippen molar-refractivity contribution in [3.8, 4) is 0 Å². The van der Waals surface area contributed by atoms with Crippen LogP contribution in [0.2, 0.25) is 0 Å². The number of nitrogens with one attached hydrogen (secondary N) is 1. The van der Waals surface area contributed by atoms with Crippen LogP contribution in [-0.4, -0.2) is 29.6 Å². The van der Waals surface area contributed by atoms with Gasteiger partial charge in [0.15, 0.2) is 0 Å². The average Bonchev–Trinajstić information content (AvgIpc) is 2.77.